The number of hydrogen-bond donors (Lipinski definition) is 0. The second-order valence-corrected chi connectivity index (χ2v) is 9.42. The first-order valence-corrected chi connectivity index (χ1v) is 11.4. The summed E-state index contributed by atoms with van der Waals surface area (Å²) in [4.78, 5) is 12.8. The topological polar surface area (TPSA) is 52.3 Å². The van der Waals surface area contributed by atoms with Gasteiger partial charge in [0.2, 0.25) is 0 Å². The molecule has 4 nitrogen and oxygen atoms in total. The number of hydrogen-bond acceptors (Lipinski definition) is 5. The largest absolute Gasteiger partial charge is 0.466 e. The Morgan fingerprint density at radius 3 is 2.71 bits per heavy atom. The highest BCUT2D eigenvalue weighted by Crippen LogP contribution is 2.37. The van der Waals surface area contributed by atoms with E-state index in [-0.39, 0.29) is 5.97 Å². The minimum Gasteiger partial charge on any atom is -0.466 e. The number of carbonyl (C=O) groups is 1. The minimum atomic E-state index is -0.378. The summed E-state index contributed by atoms with van der Waals surface area (Å²) in [5.41, 5.74) is 6.45. The molecule has 4 rings (SSSR count). The number of carbonyl (C=O) groups excluding carboxylic acids is 1. The fourth-order valence-electron chi connectivity index (χ4n) is 4.07. The predicted octanol–water partition coefficient (Wildman–Crippen LogP) is 6.75. The van der Waals surface area contributed by atoms with Crippen LogP contribution in [0.1, 0.15) is 52.6 Å². The molecule has 2 heterocycles. The van der Waals surface area contributed by atoms with E-state index in [1.54, 1.807) is 6.08 Å². The molecule has 0 saturated heterocycles. The molecule has 0 aliphatic rings. The maximum Gasteiger partial charge on any atom is 0.330 e. The van der Waals surface area contributed by atoms with Gasteiger partial charge >= 0.3 is 5.97 Å². The normalized spacial score (nSPS) is 11.9. The van der Waals surface area contributed by atoms with Gasteiger partial charge in [0, 0.05) is 21.0 Å². The van der Waals surface area contributed by atoms with Crippen LogP contribution in [0.2, 0.25) is 0 Å². The van der Waals surface area contributed by atoms with E-state index in [0.29, 0.717) is 5.92 Å². The Morgan fingerprint density at radius 1 is 1.16 bits per heavy atom. The number of methoxy groups -OCH3 is 1. The van der Waals surface area contributed by atoms with E-state index in [2.05, 4.69) is 54.9 Å². The van der Waals surface area contributed by atoms with Crippen LogP contribution in [0.3, 0.4) is 0 Å². The van der Waals surface area contributed by atoms with Crippen molar-refractivity contribution in [1.82, 2.24) is 5.16 Å². The van der Waals surface area contributed by atoms with Gasteiger partial charge in [0.05, 0.1) is 12.8 Å². The average Bonchev–Trinajstić information content (AvgIpc) is 3.30. The highest BCUT2D eigenvalue weighted by atomic mass is 32.1. The second-order valence-electron chi connectivity index (χ2n) is 8.28. The summed E-state index contributed by atoms with van der Waals surface area (Å²) in [6.45, 7) is 8.71. The Labute approximate surface area is 186 Å². The van der Waals surface area contributed by atoms with E-state index in [1.807, 2.05) is 24.3 Å². The van der Waals surface area contributed by atoms with E-state index < -0.39 is 0 Å². The summed E-state index contributed by atoms with van der Waals surface area (Å²) in [6, 6.07) is 10.8. The third kappa shape index (κ3) is 4.28. The van der Waals surface area contributed by atoms with Crippen LogP contribution in [0.15, 0.2) is 40.9 Å². The number of benzene rings is 2. The van der Waals surface area contributed by atoms with E-state index in [1.165, 1.54) is 39.3 Å². The maximum atomic E-state index is 11.4. The summed E-state index contributed by atoms with van der Waals surface area (Å²) >= 11 is 1.90. The maximum absolute atomic E-state index is 11.4. The molecule has 0 amide bonds. The molecule has 0 atom stereocenters. The molecule has 4 aromatic rings. The van der Waals surface area contributed by atoms with Crippen LogP contribution >= 0.6 is 11.3 Å². The number of fused-ring (bicyclic) bond motifs is 2. The number of thiophene rings is 1. The molecule has 5 heteroatoms. The lowest BCUT2D eigenvalue weighted by molar-refractivity contribution is -0.134. The molecule has 2 aromatic heterocycles. The fraction of sp³-hybridized carbons (Fsp3) is 0.308. The molecule has 0 radical (unpaired) electrons. The molecule has 0 unspecified atom stereocenters. The molecule has 0 fully saturated rings. The van der Waals surface area contributed by atoms with Crippen molar-refractivity contribution in [2.45, 2.75) is 46.5 Å². The van der Waals surface area contributed by atoms with Gasteiger partial charge in [-0.3, -0.25) is 0 Å². The molecule has 160 valence electrons. The highest BCUT2D eigenvalue weighted by Gasteiger charge is 2.17. The van der Waals surface area contributed by atoms with Gasteiger partial charge in [0.1, 0.15) is 0 Å². The zero-order valence-electron chi connectivity index (χ0n) is 18.6. The molecule has 0 saturated carbocycles. The van der Waals surface area contributed by atoms with Crippen molar-refractivity contribution in [2.75, 3.05) is 7.11 Å². The Morgan fingerprint density at radius 2 is 1.97 bits per heavy atom. The third-order valence-electron chi connectivity index (χ3n) is 5.66. The Bertz CT molecular complexity index is 1290. The van der Waals surface area contributed by atoms with E-state index in [4.69, 9.17) is 4.52 Å². The van der Waals surface area contributed by atoms with E-state index >= 15 is 0 Å². The van der Waals surface area contributed by atoms with Crippen molar-refractivity contribution >= 4 is 44.4 Å². The molecule has 0 N–H and O–H groups in total. The van der Waals surface area contributed by atoms with Crippen molar-refractivity contribution in [2.24, 2.45) is 0 Å². The zero-order chi connectivity index (χ0) is 22.1. The number of aryl methyl sites for hydroxylation is 4. The first-order valence-electron chi connectivity index (χ1n) is 10.5. The monoisotopic (exact) mass is 433 g/mol. The number of aromatic nitrogens is 1. The lowest BCUT2D eigenvalue weighted by Gasteiger charge is -2.08. The quantitative estimate of drug-likeness (QED) is 0.249. The second kappa shape index (κ2) is 8.67. The molecule has 31 heavy (non-hydrogen) atoms. The van der Waals surface area contributed by atoms with Gasteiger partial charge in [-0.2, -0.15) is 0 Å². The van der Waals surface area contributed by atoms with Gasteiger partial charge in [0.25, 0.3) is 0 Å². The zero-order valence-corrected chi connectivity index (χ0v) is 19.4. The number of ether oxygens (including phenoxy) is 1. The van der Waals surface area contributed by atoms with Crippen molar-refractivity contribution in [3.05, 3.63) is 69.2 Å². The molecule has 0 aliphatic heterocycles. The van der Waals surface area contributed by atoms with Crippen LogP contribution in [-0.2, 0) is 22.4 Å². The van der Waals surface area contributed by atoms with Crippen LogP contribution in [0.5, 0.6) is 0 Å². The highest BCUT2D eigenvalue weighted by molar-refractivity contribution is 7.19. The Kier molecular flexibility index (Phi) is 5.96. The van der Waals surface area contributed by atoms with Crippen LogP contribution < -0.4 is 0 Å². The van der Waals surface area contributed by atoms with Crippen LogP contribution in [0.25, 0.3) is 27.1 Å². The van der Waals surface area contributed by atoms with Crippen molar-refractivity contribution < 1.29 is 14.1 Å². The van der Waals surface area contributed by atoms with Crippen molar-refractivity contribution in [1.29, 1.82) is 0 Å². The Balaban J connectivity index is 1.63. The SMILES string of the molecule is COC(=O)/C=C/c1cc2onc(CCc3sc4cc(C)ccc4c3C(C)C)c2cc1C. The molecule has 0 spiro atoms. The summed E-state index contributed by atoms with van der Waals surface area (Å²) in [6.07, 6.45) is 4.94. The van der Waals surface area contributed by atoms with E-state index in [0.717, 1.165) is 40.6 Å². The molecular formula is C26H27NO3S. The smallest absolute Gasteiger partial charge is 0.330 e. The van der Waals surface area contributed by atoms with Gasteiger partial charge in [-0.15, -0.1) is 11.3 Å². The number of nitrogens with zero attached hydrogens (tertiary/aromatic N) is 1. The van der Waals surface area contributed by atoms with Crippen molar-refractivity contribution in [3.8, 4) is 0 Å². The Hall–Kier alpha value is -2.92. The lowest BCUT2D eigenvalue weighted by Crippen LogP contribution is -1.96. The number of rotatable bonds is 6. The molecule has 0 aliphatic carbocycles. The van der Waals surface area contributed by atoms with Gasteiger partial charge in [-0.1, -0.05) is 31.1 Å². The summed E-state index contributed by atoms with van der Waals surface area (Å²) in [5.74, 6) is 0.101. The fourth-order valence-corrected chi connectivity index (χ4v) is 5.53. The van der Waals surface area contributed by atoms with Crippen molar-refractivity contribution in [3.63, 3.8) is 0 Å². The first-order chi connectivity index (χ1) is 14.9. The van der Waals surface area contributed by atoms with Crippen LogP contribution in [0.4, 0.5) is 0 Å². The van der Waals surface area contributed by atoms with E-state index in [9.17, 15) is 4.79 Å². The summed E-state index contributed by atoms with van der Waals surface area (Å²) in [7, 11) is 1.37. The predicted molar refractivity (Wildman–Crippen MR) is 128 cm³/mol. The van der Waals surface area contributed by atoms with Crippen LogP contribution in [-0.4, -0.2) is 18.2 Å². The standard InChI is InChI=1S/C26H27NO3S/c1-15(2)26-19-8-6-16(3)12-24(19)31-23(26)10-9-21-20-13-17(4)18(7-11-25(28)29-5)14-22(20)30-27-21/h6-8,11-15H,9-10H2,1-5H3/b11-7+. The molecular weight excluding hydrogens is 406 g/mol. The molecule has 0 bridgehead atoms. The van der Waals surface area contributed by atoms with Gasteiger partial charge in [0.15, 0.2) is 5.58 Å². The third-order valence-corrected chi connectivity index (χ3v) is 6.89. The number of esters is 1. The van der Waals surface area contributed by atoms with Gasteiger partial charge in [-0.25, -0.2) is 4.79 Å². The summed E-state index contributed by atoms with van der Waals surface area (Å²) < 4.78 is 11.7. The minimum absolute atomic E-state index is 0.378. The van der Waals surface area contributed by atoms with Gasteiger partial charge in [-0.05, 0) is 84.5 Å². The first kappa shape index (κ1) is 21.3. The lowest BCUT2D eigenvalue weighted by atomic mass is 9.96. The molecule has 2 aromatic carbocycles. The van der Waals surface area contributed by atoms with Gasteiger partial charge < -0.3 is 9.26 Å². The average molecular weight is 434 g/mol. The van der Waals surface area contributed by atoms with Crippen LogP contribution in [0, 0.1) is 13.8 Å². The summed E-state index contributed by atoms with van der Waals surface area (Å²) in [5, 5.41) is 6.78.